The van der Waals surface area contributed by atoms with Crippen LogP contribution >= 0.6 is 11.8 Å². The maximum atomic E-state index is 11.9. The van der Waals surface area contributed by atoms with Crippen molar-refractivity contribution in [1.29, 1.82) is 0 Å². The molecule has 1 amide bonds. The minimum atomic E-state index is -1.12. The molecule has 2 atom stereocenters. The normalized spacial score (nSPS) is 23.3. The van der Waals surface area contributed by atoms with Crippen LogP contribution in [0.3, 0.4) is 0 Å². The molecule has 0 aromatic carbocycles. The largest absolute Gasteiger partial charge is 0.477 e. The first-order chi connectivity index (χ1) is 12.0. The van der Waals surface area contributed by atoms with Gasteiger partial charge >= 0.3 is 11.6 Å². The fourth-order valence-corrected chi connectivity index (χ4v) is 4.28. The summed E-state index contributed by atoms with van der Waals surface area (Å²) in [6.45, 7) is 0. The molecule has 2 aromatic rings. The van der Waals surface area contributed by atoms with Gasteiger partial charge in [0.05, 0.1) is 7.05 Å². The van der Waals surface area contributed by atoms with Crippen LogP contribution < -0.4 is 10.3 Å². The van der Waals surface area contributed by atoms with Gasteiger partial charge in [-0.2, -0.15) is 0 Å². The molecule has 0 bridgehead atoms. The summed E-state index contributed by atoms with van der Waals surface area (Å²) in [6.07, 6.45) is 7.21. The number of aromatic nitrogens is 3. The number of carbonyl (C=O) groups excluding carboxylic acids is 1. The van der Waals surface area contributed by atoms with Crippen LogP contribution in [0.2, 0.25) is 0 Å². The summed E-state index contributed by atoms with van der Waals surface area (Å²) in [7, 11) is 1.93. The van der Waals surface area contributed by atoms with Crippen LogP contribution in [0.25, 0.3) is 11.7 Å². The highest BCUT2D eigenvalue weighted by Crippen LogP contribution is 2.39. The maximum Gasteiger partial charge on any atom is 0.352 e. The van der Waals surface area contributed by atoms with Crippen LogP contribution in [0.5, 0.6) is 0 Å². The van der Waals surface area contributed by atoms with Crippen molar-refractivity contribution in [2.24, 2.45) is 12.8 Å². The zero-order chi connectivity index (χ0) is 17.7. The Morgan fingerprint density at radius 1 is 1.48 bits per heavy atom. The molecule has 1 saturated heterocycles. The molecule has 25 heavy (non-hydrogen) atoms. The van der Waals surface area contributed by atoms with Crippen molar-refractivity contribution < 1.29 is 19.3 Å². The summed E-state index contributed by atoms with van der Waals surface area (Å²) >= 11 is 1.47. The van der Waals surface area contributed by atoms with Crippen molar-refractivity contribution in [1.82, 2.24) is 14.5 Å². The zero-order valence-corrected chi connectivity index (χ0v) is 14.2. The van der Waals surface area contributed by atoms with Gasteiger partial charge in [0.1, 0.15) is 29.0 Å². The number of carboxylic acid groups (broad SMARTS) is 1. The van der Waals surface area contributed by atoms with E-state index in [1.807, 2.05) is 36.1 Å². The molecular formula is C16H16N5O3S+. The zero-order valence-electron chi connectivity index (χ0n) is 13.4. The highest BCUT2D eigenvalue weighted by atomic mass is 32.2. The van der Waals surface area contributed by atoms with Gasteiger partial charge in [-0.1, -0.05) is 11.2 Å². The number of fused-ring (bicyclic) bond motifs is 2. The van der Waals surface area contributed by atoms with Crippen molar-refractivity contribution in [2.75, 3.05) is 5.75 Å². The number of thioether (sulfide) groups is 1. The fraction of sp³-hybridized carbons (Fsp3) is 0.250. The topological polar surface area (TPSA) is 105 Å². The van der Waals surface area contributed by atoms with Gasteiger partial charge in [-0.25, -0.2) is 9.36 Å². The Hall–Kier alpha value is -2.65. The van der Waals surface area contributed by atoms with Crippen LogP contribution in [-0.2, 0) is 16.6 Å². The molecule has 4 rings (SSSR count). The Labute approximate surface area is 147 Å². The minimum absolute atomic E-state index is 0.0140. The van der Waals surface area contributed by atoms with Gasteiger partial charge in [0.15, 0.2) is 6.20 Å². The van der Waals surface area contributed by atoms with E-state index < -0.39 is 12.0 Å². The number of nitrogens with two attached hydrogens (primary N) is 1. The molecule has 2 aliphatic heterocycles. The molecule has 1 fully saturated rings. The number of rotatable bonds is 3. The number of hydrogen-bond donors (Lipinski definition) is 2. The second-order valence-electron chi connectivity index (χ2n) is 5.92. The summed E-state index contributed by atoms with van der Waals surface area (Å²) in [4.78, 5) is 24.8. The lowest BCUT2D eigenvalue weighted by Gasteiger charge is -2.47. The van der Waals surface area contributed by atoms with Crippen LogP contribution in [0.15, 0.2) is 41.9 Å². The molecular weight excluding hydrogens is 342 g/mol. The molecule has 2 aromatic heterocycles. The molecule has 4 heterocycles. The molecule has 128 valence electrons. The van der Waals surface area contributed by atoms with Gasteiger partial charge in [0, 0.05) is 11.8 Å². The summed E-state index contributed by atoms with van der Waals surface area (Å²) in [5.41, 5.74) is 7.97. The Balaban J connectivity index is 1.68. The quantitative estimate of drug-likeness (QED) is 0.579. The van der Waals surface area contributed by atoms with Crippen molar-refractivity contribution in [3.8, 4) is 0 Å². The lowest BCUT2D eigenvalue weighted by molar-refractivity contribution is -0.644. The Morgan fingerprint density at radius 3 is 3.04 bits per heavy atom. The van der Waals surface area contributed by atoms with E-state index in [9.17, 15) is 14.7 Å². The fourth-order valence-electron chi connectivity index (χ4n) is 3.02. The standard InChI is InChI=1S/C16H15N5O3S/c1-19-6-7-20-11(19)5-4-10(18-20)3-2-9-8-25-15-12(17)14(22)21(15)13(9)16(23)24/h2-7,12,15H,8,17H2,1H3/p+1/b3-2-/t12-,15-/m1/s1. The summed E-state index contributed by atoms with van der Waals surface area (Å²) < 4.78 is 3.69. The maximum absolute atomic E-state index is 11.9. The number of hydrogen-bond acceptors (Lipinski definition) is 5. The van der Waals surface area contributed by atoms with E-state index in [0.29, 0.717) is 17.0 Å². The third-order valence-electron chi connectivity index (χ3n) is 4.35. The van der Waals surface area contributed by atoms with Gasteiger partial charge in [-0.3, -0.25) is 9.69 Å². The molecule has 0 unspecified atom stereocenters. The van der Waals surface area contributed by atoms with E-state index in [1.165, 1.54) is 16.7 Å². The first-order valence-electron chi connectivity index (χ1n) is 7.66. The van der Waals surface area contributed by atoms with Crippen molar-refractivity contribution in [3.63, 3.8) is 0 Å². The van der Waals surface area contributed by atoms with Crippen LogP contribution in [0.1, 0.15) is 5.69 Å². The first-order valence-corrected chi connectivity index (χ1v) is 8.71. The monoisotopic (exact) mass is 358 g/mol. The lowest BCUT2D eigenvalue weighted by atomic mass is 10.0. The highest BCUT2D eigenvalue weighted by molar-refractivity contribution is 8.00. The summed E-state index contributed by atoms with van der Waals surface area (Å²) in [5.74, 6) is -0.980. The minimum Gasteiger partial charge on any atom is -0.477 e. The van der Waals surface area contributed by atoms with Crippen LogP contribution in [0, 0.1) is 0 Å². The van der Waals surface area contributed by atoms with Gasteiger partial charge in [-0.05, 0) is 17.7 Å². The average molecular weight is 358 g/mol. The van der Waals surface area contributed by atoms with E-state index in [4.69, 9.17) is 5.73 Å². The van der Waals surface area contributed by atoms with E-state index >= 15 is 0 Å². The number of aryl methyl sites for hydroxylation is 1. The van der Waals surface area contributed by atoms with Crippen molar-refractivity contribution in [2.45, 2.75) is 11.4 Å². The summed E-state index contributed by atoms with van der Waals surface area (Å²) in [6, 6.07) is 3.17. The molecule has 3 N–H and O–H groups in total. The van der Waals surface area contributed by atoms with E-state index in [1.54, 1.807) is 16.7 Å². The molecule has 0 radical (unpaired) electrons. The number of carbonyl (C=O) groups is 2. The third-order valence-corrected chi connectivity index (χ3v) is 5.67. The number of nitrogens with zero attached hydrogens (tertiary/aromatic N) is 4. The Morgan fingerprint density at radius 2 is 2.28 bits per heavy atom. The van der Waals surface area contributed by atoms with Gasteiger partial charge in [0.2, 0.25) is 5.91 Å². The van der Waals surface area contributed by atoms with Gasteiger partial charge in [-0.15, -0.1) is 16.3 Å². The lowest BCUT2D eigenvalue weighted by Crippen LogP contribution is -2.68. The molecule has 2 aliphatic rings. The Bertz CT molecular complexity index is 964. The molecule has 9 heteroatoms. The number of carboxylic acids is 1. The second kappa shape index (κ2) is 5.71. The average Bonchev–Trinajstić information content (AvgIpc) is 2.98. The number of allylic oxidation sites excluding steroid dienone is 1. The molecule has 0 spiro atoms. The SMILES string of the molecule is C[n+]1ccn2nc(/C=C\C3=C(C(=O)O)N4C(=O)[C@@H](N)[C@H]4SC3)ccc21. The van der Waals surface area contributed by atoms with Gasteiger partial charge in [0.25, 0.3) is 0 Å². The second-order valence-corrected chi connectivity index (χ2v) is 7.02. The van der Waals surface area contributed by atoms with Crippen molar-refractivity contribution in [3.05, 3.63) is 47.6 Å². The number of imidazole rings is 1. The smallest absolute Gasteiger partial charge is 0.352 e. The first kappa shape index (κ1) is 15.9. The molecule has 8 nitrogen and oxygen atoms in total. The number of β-lactam (4-membered cyclic amide) rings is 1. The van der Waals surface area contributed by atoms with E-state index in [0.717, 1.165) is 5.65 Å². The molecule has 0 aliphatic carbocycles. The predicted molar refractivity (Wildman–Crippen MR) is 91.1 cm³/mol. The molecule has 0 saturated carbocycles. The van der Waals surface area contributed by atoms with Gasteiger partial charge < -0.3 is 10.8 Å². The Kier molecular flexibility index (Phi) is 3.62. The summed E-state index contributed by atoms with van der Waals surface area (Å²) in [5, 5.41) is 13.7. The van der Waals surface area contributed by atoms with Crippen LogP contribution in [-0.4, -0.2) is 48.7 Å². The van der Waals surface area contributed by atoms with Crippen LogP contribution in [0.4, 0.5) is 0 Å². The number of aliphatic carboxylic acids is 1. The highest BCUT2D eigenvalue weighted by Gasteiger charge is 2.51. The van der Waals surface area contributed by atoms with E-state index in [-0.39, 0.29) is 17.0 Å². The van der Waals surface area contributed by atoms with Crippen molar-refractivity contribution >= 4 is 35.4 Å². The van der Waals surface area contributed by atoms with E-state index in [2.05, 4.69) is 5.10 Å². The third kappa shape index (κ3) is 2.43. The number of amides is 1. The predicted octanol–water partition coefficient (Wildman–Crippen LogP) is -0.247.